The van der Waals surface area contributed by atoms with Crippen molar-refractivity contribution in [1.82, 2.24) is 24.4 Å². The van der Waals surface area contributed by atoms with Crippen LogP contribution < -0.4 is 9.47 Å². The predicted octanol–water partition coefficient (Wildman–Crippen LogP) is 7.72. The van der Waals surface area contributed by atoms with E-state index in [2.05, 4.69) is 24.6 Å². The van der Waals surface area contributed by atoms with Gasteiger partial charge in [0, 0.05) is 69.2 Å². The smallest absolute Gasteiger partial charge is 0.410 e. The molecule has 5 rings (SSSR count). The van der Waals surface area contributed by atoms with Crippen LogP contribution in [0.5, 0.6) is 11.5 Å². The van der Waals surface area contributed by atoms with Crippen LogP contribution in [0.3, 0.4) is 0 Å². The lowest BCUT2D eigenvalue weighted by atomic mass is 10.0. The van der Waals surface area contributed by atoms with Crippen LogP contribution in [0.2, 0.25) is 25.7 Å². The first-order chi connectivity index (χ1) is 23.2. The lowest BCUT2D eigenvalue weighted by molar-refractivity contribution is 0.0270. The van der Waals surface area contributed by atoms with E-state index in [1.54, 1.807) is 23.5 Å². The summed E-state index contributed by atoms with van der Waals surface area (Å²) in [7, 11) is 1.35. The Bertz CT molecular complexity index is 1840. The lowest BCUT2D eigenvalue weighted by Gasteiger charge is -2.29. The number of nitrogens with zero attached hydrogens (tertiary/aromatic N) is 5. The molecule has 0 saturated carbocycles. The summed E-state index contributed by atoms with van der Waals surface area (Å²) in [6.45, 7) is 14.1. The molecule has 1 aromatic carbocycles. The average molecular weight is 694 g/mol. The van der Waals surface area contributed by atoms with E-state index in [0.717, 1.165) is 11.6 Å². The maximum atomic E-state index is 15.5. The number of benzene rings is 1. The molecule has 0 spiro atoms. The molecule has 4 heterocycles. The van der Waals surface area contributed by atoms with Gasteiger partial charge in [-0.05, 0) is 50.4 Å². The summed E-state index contributed by atoms with van der Waals surface area (Å²) in [4.78, 5) is 28.3. The number of hydrogen-bond acceptors (Lipinski definition) is 8. The molecule has 49 heavy (non-hydrogen) atoms. The van der Waals surface area contributed by atoms with Crippen molar-refractivity contribution in [3.63, 3.8) is 0 Å². The minimum Gasteiger partial charge on any atom is -0.494 e. The van der Waals surface area contributed by atoms with Crippen molar-refractivity contribution in [2.75, 3.05) is 33.9 Å². The fraction of sp³-hybridized carbons (Fsp3) is 0.444. The Hall–Kier alpha value is -4.36. The number of fused-ring (bicyclic) bond motifs is 1. The van der Waals surface area contributed by atoms with Crippen molar-refractivity contribution < 1.29 is 32.5 Å². The number of carbonyl (C=O) groups excluding carboxylic acids is 1. The van der Waals surface area contributed by atoms with Crippen molar-refractivity contribution in [1.29, 1.82) is 0 Å². The number of ether oxygens (including phenoxy) is 4. The van der Waals surface area contributed by atoms with Crippen molar-refractivity contribution in [3.8, 4) is 22.8 Å². The second-order valence-corrected chi connectivity index (χ2v) is 19.9. The molecule has 1 aliphatic heterocycles. The highest BCUT2D eigenvalue weighted by molar-refractivity contribution is 6.76. The summed E-state index contributed by atoms with van der Waals surface area (Å²) in [6, 6.07) is 4.11. The maximum Gasteiger partial charge on any atom is 0.410 e. The molecule has 0 radical (unpaired) electrons. The molecular weight excluding hydrogens is 649 g/mol. The zero-order valence-corrected chi connectivity index (χ0v) is 30.5. The van der Waals surface area contributed by atoms with Crippen LogP contribution in [-0.4, -0.2) is 78.1 Å². The minimum atomic E-state index is -1.30. The Morgan fingerprint density at radius 1 is 1.00 bits per heavy atom. The third-order valence-corrected chi connectivity index (χ3v) is 9.88. The predicted molar refractivity (Wildman–Crippen MR) is 188 cm³/mol. The summed E-state index contributed by atoms with van der Waals surface area (Å²) in [5.41, 5.74) is 3.47. The van der Waals surface area contributed by atoms with Crippen molar-refractivity contribution in [2.24, 2.45) is 0 Å². The minimum absolute atomic E-state index is 0.0818. The van der Waals surface area contributed by atoms with Gasteiger partial charge in [0.25, 0.3) is 0 Å². The van der Waals surface area contributed by atoms with E-state index in [9.17, 15) is 4.79 Å². The number of pyridine rings is 1. The molecule has 0 unspecified atom stereocenters. The molecule has 1 amide bonds. The Kier molecular flexibility index (Phi) is 10.7. The Morgan fingerprint density at radius 3 is 2.31 bits per heavy atom. The van der Waals surface area contributed by atoms with Crippen LogP contribution in [0, 0.1) is 11.6 Å². The number of methoxy groups -OCH3 is 2. The van der Waals surface area contributed by atoms with Gasteiger partial charge in [-0.25, -0.2) is 23.5 Å². The first kappa shape index (κ1) is 35.9. The summed E-state index contributed by atoms with van der Waals surface area (Å²) in [5, 5.41) is 0.698. The van der Waals surface area contributed by atoms with Crippen molar-refractivity contribution >= 4 is 30.8 Å². The quantitative estimate of drug-likeness (QED) is 0.116. The standard InChI is InChI=1S/C36H45F2N5O5Si/c1-36(2,3)48-35(44)42-11-9-23(10-12-42)28-19-39-20-29(41-28)24-15-26-25(16-27-32(37)30(45-4)17-31(46-5)33(27)38)21-43(34(26)40-18-24)22-47-13-14-49(6,7)8/h9,15,17-21H,10-14,16,22H2,1-8H3. The molecule has 0 atom stereocenters. The van der Waals surface area contributed by atoms with E-state index in [0.29, 0.717) is 59.7 Å². The second kappa shape index (κ2) is 14.6. The molecule has 0 bridgehead atoms. The van der Waals surface area contributed by atoms with E-state index in [1.165, 1.54) is 20.3 Å². The molecule has 10 nitrogen and oxygen atoms in total. The second-order valence-electron chi connectivity index (χ2n) is 14.3. The number of halogens is 2. The van der Waals surface area contributed by atoms with Gasteiger partial charge in [-0.3, -0.25) is 4.98 Å². The SMILES string of the molecule is COc1cc(OC)c(F)c(Cc2cn(COCC[Si](C)(C)C)c3ncc(-c4cncc(C5=CCN(C(=O)OC(C)(C)C)CC5)n4)cc23)c1F. The topological polar surface area (TPSA) is 101 Å². The van der Waals surface area contributed by atoms with E-state index in [1.807, 2.05) is 43.7 Å². The van der Waals surface area contributed by atoms with Gasteiger partial charge in [-0.15, -0.1) is 0 Å². The number of carbonyl (C=O) groups is 1. The third-order valence-electron chi connectivity index (χ3n) is 8.18. The molecule has 4 aromatic rings. The van der Waals surface area contributed by atoms with Crippen molar-refractivity contribution in [3.05, 3.63) is 71.5 Å². The van der Waals surface area contributed by atoms with Gasteiger partial charge in [0.1, 0.15) is 18.0 Å². The van der Waals surface area contributed by atoms with Crippen LogP contribution in [-0.2, 0) is 22.6 Å². The fourth-order valence-electron chi connectivity index (χ4n) is 5.50. The van der Waals surface area contributed by atoms with E-state index >= 15 is 8.78 Å². The Balaban J connectivity index is 1.48. The van der Waals surface area contributed by atoms with Gasteiger partial charge >= 0.3 is 6.09 Å². The molecule has 1 aliphatic rings. The molecule has 0 N–H and O–H groups in total. The van der Waals surface area contributed by atoms with Gasteiger partial charge < -0.3 is 28.4 Å². The largest absolute Gasteiger partial charge is 0.494 e. The zero-order valence-electron chi connectivity index (χ0n) is 29.5. The number of amides is 1. The summed E-state index contributed by atoms with van der Waals surface area (Å²) in [6.07, 6.45) is 9.03. The van der Waals surface area contributed by atoms with Crippen LogP contribution in [0.1, 0.15) is 44.0 Å². The van der Waals surface area contributed by atoms with E-state index in [4.69, 9.17) is 28.9 Å². The first-order valence-corrected chi connectivity index (χ1v) is 20.0. The number of rotatable bonds is 11. The van der Waals surface area contributed by atoms with Gasteiger partial charge in [0.2, 0.25) is 0 Å². The van der Waals surface area contributed by atoms with Gasteiger partial charge in [-0.1, -0.05) is 25.7 Å². The molecular formula is C36H45F2N5O5Si. The molecule has 0 saturated heterocycles. The molecule has 0 aliphatic carbocycles. The first-order valence-electron chi connectivity index (χ1n) is 16.3. The highest BCUT2D eigenvalue weighted by Gasteiger charge is 2.25. The van der Waals surface area contributed by atoms with Gasteiger partial charge in [0.15, 0.2) is 23.1 Å². The van der Waals surface area contributed by atoms with Crippen molar-refractivity contribution in [2.45, 2.75) is 71.6 Å². The highest BCUT2D eigenvalue weighted by atomic mass is 28.3. The monoisotopic (exact) mass is 693 g/mol. The van der Waals surface area contributed by atoms with E-state index < -0.39 is 25.3 Å². The number of aromatic nitrogens is 4. The Morgan fingerprint density at radius 2 is 1.69 bits per heavy atom. The number of hydrogen-bond donors (Lipinski definition) is 0. The highest BCUT2D eigenvalue weighted by Crippen LogP contribution is 2.35. The van der Waals surface area contributed by atoms with Crippen LogP contribution >= 0.6 is 0 Å². The Labute approximate surface area is 287 Å². The summed E-state index contributed by atoms with van der Waals surface area (Å²) >= 11 is 0. The molecule has 0 fully saturated rings. The molecule has 3 aromatic heterocycles. The molecule has 262 valence electrons. The third kappa shape index (κ3) is 8.63. The van der Waals surface area contributed by atoms with E-state index in [-0.39, 0.29) is 36.3 Å². The average Bonchev–Trinajstić information content (AvgIpc) is 3.40. The van der Waals surface area contributed by atoms with Gasteiger partial charge in [0.05, 0.1) is 38.0 Å². The zero-order chi connectivity index (χ0) is 35.5. The maximum absolute atomic E-state index is 15.5. The summed E-state index contributed by atoms with van der Waals surface area (Å²) < 4.78 is 54.8. The molecule has 13 heteroatoms. The fourth-order valence-corrected chi connectivity index (χ4v) is 6.25. The van der Waals surface area contributed by atoms with Crippen LogP contribution in [0.25, 0.3) is 27.9 Å². The van der Waals surface area contributed by atoms with Crippen LogP contribution in [0.4, 0.5) is 13.6 Å². The normalized spacial score (nSPS) is 13.8. The lowest BCUT2D eigenvalue weighted by Crippen LogP contribution is -2.39. The van der Waals surface area contributed by atoms with Crippen LogP contribution in [0.15, 0.2) is 43.0 Å². The summed E-state index contributed by atoms with van der Waals surface area (Å²) in [5.74, 6) is -1.80. The van der Waals surface area contributed by atoms with Gasteiger partial charge in [-0.2, -0.15) is 0 Å².